The molecule has 0 fully saturated rings. The summed E-state index contributed by atoms with van der Waals surface area (Å²) < 4.78 is 0. The molecule has 4 rings (SSSR count). The Labute approximate surface area is 201 Å². The molecule has 0 radical (unpaired) electrons. The molecule has 2 N–H and O–H groups in total. The van der Waals surface area contributed by atoms with E-state index in [1.165, 1.54) is 16.6 Å². The van der Waals surface area contributed by atoms with E-state index in [1.54, 1.807) is 12.1 Å². The highest BCUT2D eigenvalue weighted by Gasteiger charge is 2.15. The Morgan fingerprint density at radius 1 is 0.882 bits per heavy atom. The number of rotatable bonds is 8. The number of hydrazine groups is 1. The van der Waals surface area contributed by atoms with Crippen LogP contribution in [0.3, 0.4) is 0 Å². The first kappa shape index (κ1) is 23.2. The molecule has 0 spiro atoms. The van der Waals surface area contributed by atoms with Crippen LogP contribution in [0, 0.1) is 0 Å². The molecule has 0 aliphatic rings. The summed E-state index contributed by atoms with van der Waals surface area (Å²) in [6, 6.07) is 26.6. The largest absolute Gasteiger partial charge is 0.272 e. The van der Waals surface area contributed by atoms with Gasteiger partial charge < -0.3 is 0 Å². The molecular formula is C25H24N6O2S. The molecule has 172 valence electrons. The molecule has 0 aliphatic carbocycles. The number of benzene rings is 3. The van der Waals surface area contributed by atoms with Crippen LogP contribution in [0.25, 0.3) is 11.4 Å². The number of carbonyl (C=O) groups excluding carboxylic acids is 2. The average molecular weight is 473 g/mol. The molecular weight excluding hydrogens is 448 g/mol. The monoisotopic (exact) mass is 472 g/mol. The molecule has 0 bridgehead atoms. The number of aromatic nitrogens is 4. The van der Waals surface area contributed by atoms with Crippen molar-refractivity contribution in [2.45, 2.75) is 24.5 Å². The average Bonchev–Trinajstić information content (AvgIpc) is 3.35. The number of hydrogen-bond acceptors (Lipinski definition) is 6. The minimum absolute atomic E-state index is 0.252. The van der Waals surface area contributed by atoms with E-state index in [0.29, 0.717) is 17.9 Å². The Morgan fingerprint density at radius 3 is 2.26 bits per heavy atom. The minimum Gasteiger partial charge on any atom is -0.272 e. The number of hydrogen-bond donors (Lipinski definition) is 2. The summed E-state index contributed by atoms with van der Waals surface area (Å²) in [5.41, 5.74) is 8.38. The Kier molecular flexibility index (Phi) is 7.67. The smallest absolute Gasteiger partial charge is 0.269 e. The minimum atomic E-state index is -0.384. The van der Waals surface area contributed by atoms with Crippen molar-refractivity contribution in [2.24, 2.45) is 0 Å². The van der Waals surface area contributed by atoms with Crippen molar-refractivity contribution in [3.05, 3.63) is 102 Å². The number of amides is 2. The Morgan fingerprint density at radius 2 is 1.56 bits per heavy atom. The molecule has 0 aliphatic heterocycles. The number of nitrogens with one attached hydrogen (secondary N) is 2. The molecule has 34 heavy (non-hydrogen) atoms. The van der Waals surface area contributed by atoms with Gasteiger partial charge in [-0.15, -0.1) is 22.0 Å². The topological polar surface area (TPSA) is 102 Å². The summed E-state index contributed by atoms with van der Waals surface area (Å²) >= 11 is 1.51. The molecule has 0 saturated carbocycles. The van der Waals surface area contributed by atoms with Gasteiger partial charge in [-0.05, 0) is 35.4 Å². The van der Waals surface area contributed by atoms with Crippen molar-refractivity contribution in [1.82, 2.24) is 31.1 Å². The van der Waals surface area contributed by atoms with Gasteiger partial charge in [-0.1, -0.05) is 72.8 Å². The molecule has 0 saturated heterocycles. The van der Waals surface area contributed by atoms with Crippen molar-refractivity contribution in [3.63, 3.8) is 0 Å². The molecule has 1 atom stereocenters. The van der Waals surface area contributed by atoms with Crippen molar-refractivity contribution < 1.29 is 9.59 Å². The standard InChI is InChI=1S/C25H24N6O2S/c1-18(34-17-20-8-4-2-5-9-20)24(32)27-28-25(33)22-14-12-19(13-15-22)16-31-29-23(26-30-31)21-10-6-3-7-11-21/h2-15,18H,16-17H2,1H3,(H,27,32)(H,28,33). The summed E-state index contributed by atoms with van der Waals surface area (Å²) in [6.07, 6.45) is 0. The van der Waals surface area contributed by atoms with Crippen LogP contribution in [0.1, 0.15) is 28.4 Å². The summed E-state index contributed by atoms with van der Waals surface area (Å²) in [5.74, 6) is 0.643. The third-order valence-corrected chi connectivity index (χ3v) is 6.25. The molecule has 1 aromatic heterocycles. The summed E-state index contributed by atoms with van der Waals surface area (Å²) in [4.78, 5) is 26.2. The maximum Gasteiger partial charge on any atom is 0.269 e. The summed E-state index contributed by atoms with van der Waals surface area (Å²) in [7, 11) is 0. The van der Waals surface area contributed by atoms with Gasteiger partial charge in [-0.25, -0.2) is 0 Å². The number of thioether (sulfide) groups is 1. The normalized spacial score (nSPS) is 11.6. The predicted molar refractivity (Wildman–Crippen MR) is 132 cm³/mol. The van der Waals surface area contributed by atoms with Crippen LogP contribution in [0.15, 0.2) is 84.9 Å². The van der Waals surface area contributed by atoms with E-state index in [4.69, 9.17) is 0 Å². The maximum absolute atomic E-state index is 12.4. The SMILES string of the molecule is CC(SCc1ccccc1)C(=O)NNC(=O)c1ccc(Cn2nnc(-c3ccccc3)n2)cc1. The highest BCUT2D eigenvalue weighted by molar-refractivity contribution is 7.99. The van der Waals surface area contributed by atoms with E-state index in [1.807, 2.05) is 79.7 Å². The third-order valence-electron chi connectivity index (χ3n) is 5.04. The Balaban J connectivity index is 1.25. The Hall–Kier alpha value is -3.98. The molecule has 8 nitrogen and oxygen atoms in total. The first-order chi connectivity index (χ1) is 16.6. The lowest BCUT2D eigenvalue weighted by atomic mass is 10.1. The van der Waals surface area contributed by atoms with Gasteiger partial charge in [-0.2, -0.15) is 4.80 Å². The molecule has 1 unspecified atom stereocenters. The molecule has 4 aromatic rings. The van der Waals surface area contributed by atoms with E-state index in [2.05, 4.69) is 26.3 Å². The highest BCUT2D eigenvalue weighted by Crippen LogP contribution is 2.17. The van der Waals surface area contributed by atoms with Gasteiger partial charge in [0.2, 0.25) is 5.82 Å². The van der Waals surface area contributed by atoms with Gasteiger partial charge in [-0.3, -0.25) is 20.4 Å². The third kappa shape index (κ3) is 6.29. The van der Waals surface area contributed by atoms with Crippen molar-refractivity contribution in [2.75, 3.05) is 0 Å². The van der Waals surface area contributed by atoms with E-state index in [-0.39, 0.29) is 17.1 Å². The first-order valence-corrected chi connectivity index (χ1v) is 11.8. The van der Waals surface area contributed by atoms with Crippen LogP contribution >= 0.6 is 11.8 Å². The molecule has 9 heteroatoms. The fourth-order valence-corrected chi connectivity index (χ4v) is 3.95. The van der Waals surface area contributed by atoms with Gasteiger partial charge in [0, 0.05) is 16.9 Å². The van der Waals surface area contributed by atoms with E-state index in [0.717, 1.165) is 22.4 Å². The lowest BCUT2D eigenvalue weighted by molar-refractivity contribution is -0.121. The molecule has 1 heterocycles. The molecule has 2 amide bonds. The van der Waals surface area contributed by atoms with Crippen LogP contribution in [-0.4, -0.2) is 37.3 Å². The van der Waals surface area contributed by atoms with E-state index < -0.39 is 0 Å². The van der Waals surface area contributed by atoms with Gasteiger partial charge in [0.05, 0.1) is 11.8 Å². The number of carbonyl (C=O) groups is 2. The van der Waals surface area contributed by atoms with Crippen LogP contribution in [0.5, 0.6) is 0 Å². The fourth-order valence-electron chi connectivity index (χ4n) is 3.10. The quantitative estimate of drug-likeness (QED) is 0.381. The summed E-state index contributed by atoms with van der Waals surface area (Å²) in [6.45, 7) is 2.24. The second kappa shape index (κ2) is 11.2. The van der Waals surface area contributed by atoms with Crippen LogP contribution in [0.2, 0.25) is 0 Å². The zero-order chi connectivity index (χ0) is 23.8. The van der Waals surface area contributed by atoms with Crippen molar-refractivity contribution >= 4 is 23.6 Å². The predicted octanol–water partition coefficient (Wildman–Crippen LogP) is 3.47. The Bertz CT molecular complexity index is 1230. The van der Waals surface area contributed by atoms with E-state index >= 15 is 0 Å². The summed E-state index contributed by atoms with van der Waals surface area (Å²) in [5, 5.41) is 12.3. The fraction of sp³-hybridized carbons (Fsp3) is 0.160. The van der Waals surface area contributed by atoms with Crippen molar-refractivity contribution in [3.8, 4) is 11.4 Å². The van der Waals surface area contributed by atoms with Crippen LogP contribution < -0.4 is 10.9 Å². The van der Waals surface area contributed by atoms with Crippen LogP contribution in [0.4, 0.5) is 0 Å². The van der Waals surface area contributed by atoms with Gasteiger partial charge in [0.15, 0.2) is 0 Å². The lowest BCUT2D eigenvalue weighted by Crippen LogP contribution is -2.44. The van der Waals surface area contributed by atoms with Gasteiger partial charge in [0.25, 0.3) is 11.8 Å². The zero-order valence-corrected chi connectivity index (χ0v) is 19.4. The first-order valence-electron chi connectivity index (χ1n) is 10.8. The highest BCUT2D eigenvalue weighted by atomic mass is 32.2. The zero-order valence-electron chi connectivity index (χ0n) is 18.6. The van der Waals surface area contributed by atoms with Gasteiger partial charge in [0.1, 0.15) is 0 Å². The van der Waals surface area contributed by atoms with Crippen LogP contribution in [-0.2, 0) is 17.1 Å². The molecule has 3 aromatic carbocycles. The maximum atomic E-state index is 12.4. The number of nitrogens with zero attached hydrogens (tertiary/aromatic N) is 4. The number of tetrazole rings is 1. The lowest BCUT2D eigenvalue weighted by Gasteiger charge is -2.13. The second-order valence-corrected chi connectivity index (χ2v) is 8.92. The van der Waals surface area contributed by atoms with Crippen molar-refractivity contribution in [1.29, 1.82) is 0 Å². The van der Waals surface area contributed by atoms with Gasteiger partial charge >= 0.3 is 0 Å². The van der Waals surface area contributed by atoms with E-state index in [9.17, 15) is 9.59 Å². The second-order valence-electron chi connectivity index (χ2n) is 7.59.